The number of carboxylic acid groups (broad SMARTS) is 1. The molecule has 0 aromatic carbocycles. The molecule has 0 aromatic rings. The average Bonchev–Trinajstić information content (AvgIpc) is 3.32. The van der Waals surface area contributed by atoms with Gasteiger partial charge in [0.05, 0.1) is 24.2 Å². The van der Waals surface area contributed by atoms with E-state index in [1.165, 1.54) is 4.90 Å². The number of aliphatic hydroxyl groups is 1. The van der Waals surface area contributed by atoms with E-state index in [0.29, 0.717) is 25.7 Å². The molecule has 6 atom stereocenters. The van der Waals surface area contributed by atoms with E-state index < -0.39 is 46.6 Å². The smallest absolute Gasteiger partial charge is 0.310 e. The van der Waals surface area contributed by atoms with E-state index in [9.17, 15) is 24.6 Å². The predicted molar refractivity (Wildman–Crippen MR) is 123 cm³/mol. The van der Waals surface area contributed by atoms with Crippen molar-refractivity contribution in [2.75, 3.05) is 13.2 Å². The van der Waals surface area contributed by atoms with E-state index >= 15 is 0 Å². The monoisotopic (exact) mass is 464 g/mol. The average molecular weight is 465 g/mol. The largest absolute Gasteiger partial charge is 0.481 e. The number of hydrogen-bond acceptors (Lipinski definition) is 5. The molecule has 3 fully saturated rings. The van der Waals surface area contributed by atoms with Gasteiger partial charge < -0.3 is 24.7 Å². The molecule has 3 saturated heterocycles. The Balaban J connectivity index is 2.19. The first-order chi connectivity index (χ1) is 15.3. The molecule has 2 amide bonds. The quantitative estimate of drug-likeness (QED) is 0.508. The van der Waals surface area contributed by atoms with Gasteiger partial charge in [0.25, 0.3) is 0 Å². The molecular formula is C25H40N2O6. The molecule has 3 heterocycles. The van der Waals surface area contributed by atoms with Gasteiger partial charge in [0, 0.05) is 12.1 Å². The molecule has 8 heteroatoms. The molecule has 0 aliphatic carbocycles. The van der Waals surface area contributed by atoms with Gasteiger partial charge in [0.2, 0.25) is 11.8 Å². The molecule has 2 bridgehead atoms. The van der Waals surface area contributed by atoms with Gasteiger partial charge in [0.15, 0.2) is 0 Å². The molecule has 2 N–H and O–H groups in total. The number of carboxylic acids is 1. The van der Waals surface area contributed by atoms with Gasteiger partial charge in [-0.25, -0.2) is 0 Å². The van der Waals surface area contributed by atoms with Crippen LogP contribution < -0.4 is 0 Å². The topological polar surface area (TPSA) is 107 Å². The van der Waals surface area contributed by atoms with E-state index in [2.05, 4.69) is 6.58 Å². The number of likely N-dealkylation sites (tertiary alicyclic amines) is 1. The molecular weight excluding hydrogens is 424 g/mol. The molecule has 8 nitrogen and oxygen atoms in total. The maximum Gasteiger partial charge on any atom is 0.310 e. The van der Waals surface area contributed by atoms with Gasteiger partial charge in [-0.15, -0.1) is 6.58 Å². The summed E-state index contributed by atoms with van der Waals surface area (Å²) in [5.74, 6) is -3.51. The van der Waals surface area contributed by atoms with E-state index in [4.69, 9.17) is 4.74 Å². The van der Waals surface area contributed by atoms with Crippen molar-refractivity contribution < 1.29 is 29.3 Å². The van der Waals surface area contributed by atoms with Crippen molar-refractivity contribution >= 4 is 17.8 Å². The van der Waals surface area contributed by atoms with E-state index in [0.717, 1.165) is 0 Å². The molecule has 3 aliphatic heterocycles. The second kappa shape index (κ2) is 8.69. The maximum atomic E-state index is 14.2. The number of hydrogen-bond donors (Lipinski definition) is 2. The van der Waals surface area contributed by atoms with Crippen LogP contribution in [0.5, 0.6) is 0 Å². The minimum absolute atomic E-state index is 0.171. The molecule has 0 saturated carbocycles. The van der Waals surface area contributed by atoms with Crippen LogP contribution in [-0.2, 0) is 19.1 Å². The Morgan fingerprint density at radius 1 is 1.33 bits per heavy atom. The summed E-state index contributed by atoms with van der Waals surface area (Å²) in [5.41, 5.74) is -2.70. The van der Waals surface area contributed by atoms with Crippen molar-refractivity contribution in [2.45, 2.75) is 96.1 Å². The fraction of sp³-hybridized carbons (Fsp3) is 0.800. The summed E-state index contributed by atoms with van der Waals surface area (Å²) in [6, 6.07) is -1.57. The standard InChI is InChI=1S/C25H40N2O6/c1-8-12-26(23(5,6)7)21(30)19-25-11-10-24(9-2,33-25)18(22(31)32)17(25)20(29)27(19)16(14-28)13-15(3)4/h8,15-19,28H,1,9-14H2,2-7H3,(H,31,32)/t16-,17+,18-,19?,24+,25?/m1/s1. The summed E-state index contributed by atoms with van der Waals surface area (Å²) < 4.78 is 6.57. The lowest BCUT2D eigenvalue weighted by molar-refractivity contribution is -0.162. The van der Waals surface area contributed by atoms with Crippen LogP contribution in [0.1, 0.15) is 67.2 Å². The Morgan fingerprint density at radius 2 is 1.97 bits per heavy atom. The van der Waals surface area contributed by atoms with Gasteiger partial charge in [-0.2, -0.15) is 0 Å². The summed E-state index contributed by atoms with van der Waals surface area (Å²) in [7, 11) is 0. The molecule has 1 spiro atoms. The maximum absolute atomic E-state index is 14.2. The van der Waals surface area contributed by atoms with Crippen molar-refractivity contribution in [1.29, 1.82) is 0 Å². The number of fused-ring (bicyclic) bond motifs is 1. The number of aliphatic hydroxyl groups excluding tert-OH is 1. The van der Waals surface area contributed by atoms with E-state index in [-0.39, 0.29) is 30.9 Å². The first-order valence-electron chi connectivity index (χ1n) is 12.1. The molecule has 33 heavy (non-hydrogen) atoms. The summed E-state index contributed by atoms with van der Waals surface area (Å²) in [5, 5.41) is 20.4. The normalized spacial score (nSPS) is 34.0. The van der Waals surface area contributed by atoms with Crippen LogP contribution in [0, 0.1) is 17.8 Å². The third-order valence-electron chi connectivity index (χ3n) is 7.85. The first-order valence-corrected chi connectivity index (χ1v) is 12.1. The van der Waals surface area contributed by atoms with Crippen LogP contribution in [0.3, 0.4) is 0 Å². The molecule has 3 rings (SSSR count). The summed E-state index contributed by atoms with van der Waals surface area (Å²) >= 11 is 0. The van der Waals surface area contributed by atoms with Crippen LogP contribution in [0.15, 0.2) is 12.7 Å². The Morgan fingerprint density at radius 3 is 2.42 bits per heavy atom. The Kier molecular flexibility index (Phi) is 6.77. The lowest BCUT2D eigenvalue weighted by Gasteiger charge is -2.43. The number of nitrogens with zero attached hydrogens (tertiary/aromatic N) is 2. The summed E-state index contributed by atoms with van der Waals surface area (Å²) in [4.78, 5) is 43.8. The highest BCUT2D eigenvalue weighted by Crippen LogP contribution is 2.64. The van der Waals surface area contributed by atoms with Crippen LogP contribution in [-0.4, -0.2) is 79.8 Å². The van der Waals surface area contributed by atoms with E-state index in [1.807, 2.05) is 41.5 Å². The van der Waals surface area contributed by atoms with Gasteiger partial charge in [0.1, 0.15) is 17.6 Å². The minimum atomic E-state index is -1.21. The number of rotatable bonds is 9. The van der Waals surface area contributed by atoms with Crippen LogP contribution in [0.4, 0.5) is 0 Å². The minimum Gasteiger partial charge on any atom is -0.481 e. The Bertz CT molecular complexity index is 820. The zero-order valence-corrected chi connectivity index (χ0v) is 20.8. The highest BCUT2D eigenvalue weighted by molar-refractivity contribution is 5.98. The number of aliphatic carboxylic acids is 1. The fourth-order valence-corrected chi connectivity index (χ4v) is 6.50. The predicted octanol–water partition coefficient (Wildman–Crippen LogP) is 2.45. The summed E-state index contributed by atoms with van der Waals surface area (Å²) in [6.45, 7) is 15.4. The Labute approximate surface area is 196 Å². The second-order valence-electron chi connectivity index (χ2n) is 11.3. The number of ether oxygens (including phenoxy) is 1. The molecule has 3 aliphatic rings. The van der Waals surface area contributed by atoms with Gasteiger partial charge in [-0.05, 0) is 52.4 Å². The van der Waals surface area contributed by atoms with Crippen molar-refractivity contribution in [1.82, 2.24) is 9.80 Å². The SMILES string of the molecule is C=CCN(C(=O)C1N([C@@H](CO)CC(C)C)C(=O)[C@@H]2[C@H](C(=O)O)[C@]3(CC)CCC12O3)C(C)(C)C. The number of amides is 2. The molecule has 2 unspecified atom stereocenters. The zero-order chi connectivity index (χ0) is 24.9. The highest BCUT2D eigenvalue weighted by atomic mass is 16.5. The van der Waals surface area contributed by atoms with Gasteiger partial charge in [-0.1, -0.05) is 26.8 Å². The highest BCUT2D eigenvalue weighted by Gasteiger charge is 2.79. The molecule has 186 valence electrons. The van der Waals surface area contributed by atoms with Crippen molar-refractivity contribution in [3.8, 4) is 0 Å². The number of carbonyl (C=O) groups excluding carboxylic acids is 2. The van der Waals surface area contributed by atoms with Crippen LogP contribution >= 0.6 is 0 Å². The lowest BCUT2D eigenvalue weighted by Crippen LogP contribution is -2.61. The first kappa shape index (κ1) is 25.7. The van der Waals surface area contributed by atoms with Crippen molar-refractivity contribution in [3.63, 3.8) is 0 Å². The lowest BCUT2D eigenvalue weighted by atomic mass is 9.65. The molecule has 0 aromatic heterocycles. The van der Waals surface area contributed by atoms with Gasteiger partial charge in [-0.3, -0.25) is 14.4 Å². The van der Waals surface area contributed by atoms with E-state index in [1.54, 1.807) is 11.0 Å². The third-order valence-corrected chi connectivity index (χ3v) is 7.85. The van der Waals surface area contributed by atoms with Crippen molar-refractivity contribution in [3.05, 3.63) is 12.7 Å². The number of carbonyl (C=O) groups is 3. The molecule has 0 radical (unpaired) electrons. The van der Waals surface area contributed by atoms with Gasteiger partial charge >= 0.3 is 5.97 Å². The Hall–Kier alpha value is -1.93. The second-order valence-corrected chi connectivity index (χ2v) is 11.3. The fourth-order valence-electron chi connectivity index (χ4n) is 6.50. The van der Waals surface area contributed by atoms with Crippen molar-refractivity contribution in [2.24, 2.45) is 17.8 Å². The van der Waals surface area contributed by atoms with Crippen LogP contribution in [0.25, 0.3) is 0 Å². The summed E-state index contributed by atoms with van der Waals surface area (Å²) in [6.07, 6.45) is 3.55. The van der Waals surface area contributed by atoms with Crippen LogP contribution in [0.2, 0.25) is 0 Å². The third kappa shape index (κ3) is 3.79. The zero-order valence-electron chi connectivity index (χ0n) is 20.8.